The highest BCUT2D eigenvalue weighted by molar-refractivity contribution is 7.99. The predicted octanol–water partition coefficient (Wildman–Crippen LogP) is 3.22. The highest BCUT2D eigenvalue weighted by Gasteiger charge is 2.27. The average Bonchev–Trinajstić information content (AvgIpc) is 3.22. The SMILES string of the molecule is N#CCSc1nnc(-c2cccc(S(=O)(=O)N3CCOCC3)c2)n1-c1cccc(Cl)c1. The minimum absolute atomic E-state index is 0.179. The Hall–Kier alpha value is -2.42. The lowest BCUT2D eigenvalue weighted by molar-refractivity contribution is 0.0730. The van der Waals surface area contributed by atoms with E-state index in [0.29, 0.717) is 47.9 Å². The zero-order valence-electron chi connectivity index (χ0n) is 16.3. The Morgan fingerprint density at radius 2 is 1.90 bits per heavy atom. The number of nitrogens with zero attached hydrogens (tertiary/aromatic N) is 5. The van der Waals surface area contributed by atoms with Gasteiger partial charge in [0.15, 0.2) is 11.0 Å². The Morgan fingerprint density at radius 1 is 1.13 bits per heavy atom. The van der Waals surface area contributed by atoms with Crippen molar-refractivity contribution in [2.24, 2.45) is 0 Å². The standard InChI is InChI=1S/C20H18ClN5O3S2/c21-16-4-2-5-17(14-16)26-19(23-24-20(26)30-12-7-22)15-3-1-6-18(13-15)31(27,28)25-8-10-29-11-9-25/h1-6,13-14H,8-12H2. The molecule has 1 aliphatic heterocycles. The van der Waals surface area contributed by atoms with Crippen molar-refractivity contribution < 1.29 is 13.2 Å². The highest BCUT2D eigenvalue weighted by Crippen LogP contribution is 2.30. The molecule has 1 aromatic heterocycles. The number of benzene rings is 2. The Balaban J connectivity index is 1.79. The lowest BCUT2D eigenvalue weighted by Crippen LogP contribution is -2.40. The van der Waals surface area contributed by atoms with Crippen molar-refractivity contribution in [2.45, 2.75) is 10.1 Å². The molecular formula is C20H18ClN5O3S2. The molecule has 0 bridgehead atoms. The fraction of sp³-hybridized carbons (Fsp3) is 0.250. The lowest BCUT2D eigenvalue weighted by atomic mass is 10.2. The van der Waals surface area contributed by atoms with E-state index in [2.05, 4.69) is 16.3 Å². The number of nitriles is 1. The second-order valence-electron chi connectivity index (χ2n) is 6.61. The Morgan fingerprint density at radius 3 is 2.65 bits per heavy atom. The van der Waals surface area contributed by atoms with E-state index >= 15 is 0 Å². The number of aromatic nitrogens is 3. The van der Waals surface area contributed by atoms with E-state index in [4.69, 9.17) is 21.6 Å². The number of hydrogen-bond donors (Lipinski definition) is 0. The molecule has 0 amide bonds. The van der Waals surface area contributed by atoms with Gasteiger partial charge in [-0.2, -0.15) is 9.57 Å². The van der Waals surface area contributed by atoms with Crippen molar-refractivity contribution in [1.82, 2.24) is 19.1 Å². The molecule has 11 heteroatoms. The summed E-state index contributed by atoms with van der Waals surface area (Å²) >= 11 is 7.42. The third-order valence-electron chi connectivity index (χ3n) is 4.67. The molecule has 0 unspecified atom stereocenters. The molecule has 2 aromatic carbocycles. The summed E-state index contributed by atoms with van der Waals surface area (Å²) in [5.74, 6) is 0.658. The number of sulfonamides is 1. The molecule has 0 spiro atoms. The topological polar surface area (TPSA) is 101 Å². The maximum Gasteiger partial charge on any atom is 0.243 e. The van der Waals surface area contributed by atoms with E-state index < -0.39 is 10.0 Å². The van der Waals surface area contributed by atoms with Gasteiger partial charge >= 0.3 is 0 Å². The molecule has 2 heterocycles. The minimum Gasteiger partial charge on any atom is -0.379 e. The first-order valence-electron chi connectivity index (χ1n) is 9.40. The van der Waals surface area contributed by atoms with Gasteiger partial charge in [0.1, 0.15) is 0 Å². The summed E-state index contributed by atoms with van der Waals surface area (Å²) in [4.78, 5) is 0.179. The molecule has 0 aliphatic carbocycles. The van der Waals surface area contributed by atoms with Crippen LogP contribution in [0, 0.1) is 11.3 Å². The van der Waals surface area contributed by atoms with Crippen molar-refractivity contribution >= 4 is 33.4 Å². The highest BCUT2D eigenvalue weighted by atomic mass is 35.5. The first-order valence-corrected chi connectivity index (χ1v) is 12.2. The van der Waals surface area contributed by atoms with E-state index in [-0.39, 0.29) is 10.6 Å². The van der Waals surface area contributed by atoms with Gasteiger partial charge in [-0.1, -0.05) is 41.6 Å². The van der Waals surface area contributed by atoms with Crippen molar-refractivity contribution in [3.8, 4) is 23.1 Å². The lowest BCUT2D eigenvalue weighted by Gasteiger charge is -2.26. The maximum atomic E-state index is 13.1. The molecule has 3 aromatic rings. The third-order valence-corrected chi connectivity index (χ3v) is 7.59. The fourth-order valence-corrected chi connectivity index (χ4v) is 5.48. The number of hydrogen-bond acceptors (Lipinski definition) is 7. The molecule has 0 saturated carbocycles. The molecule has 8 nitrogen and oxygen atoms in total. The van der Waals surface area contributed by atoms with Gasteiger partial charge < -0.3 is 4.74 Å². The van der Waals surface area contributed by atoms with Crippen molar-refractivity contribution in [3.63, 3.8) is 0 Å². The Kier molecular flexibility index (Phi) is 6.60. The molecule has 31 heavy (non-hydrogen) atoms. The molecule has 4 rings (SSSR count). The minimum atomic E-state index is -3.66. The Labute approximate surface area is 189 Å². The molecule has 1 saturated heterocycles. The van der Waals surface area contributed by atoms with Gasteiger partial charge in [0.05, 0.1) is 35.6 Å². The van der Waals surface area contributed by atoms with Crippen LogP contribution in [0.2, 0.25) is 5.02 Å². The normalized spacial score (nSPS) is 15.0. The van der Waals surface area contributed by atoms with Gasteiger partial charge in [-0.3, -0.25) is 4.57 Å². The molecule has 0 atom stereocenters. The number of thioether (sulfide) groups is 1. The van der Waals surface area contributed by atoms with Crippen LogP contribution in [-0.4, -0.2) is 59.5 Å². The summed E-state index contributed by atoms with van der Waals surface area (Å²) in [6.07, 6.45) is 0. The van der Waals surface area contributed by atoms with E-state index in [1.54, 1.807) is 47.0 Å². The van der Waals surface area contributed by atoms with Crippen LogP contribution >= 0.6 is 23.4 Å². The average molecular weight is 476 g/mol. The molecule has 0 radical (unpaired) electrons. The summed E-state index contributed by atoms with van der Waals surface area (Å²) in [6.45, 7) is 1.39. The van der Waals surface area contributed by atoms with Crippen LogP contribution in [0.3, 0.4) is 0 Å². The first-order chi connectivity index (χ1) is 15.0. The monoisotopic (exact) mass is 475 g/mol. The summed E-state index contributed by atoms with van der Waals surface area (Å²) in [7, 11) is -3.66. The predicted molar refractivity (Wildman–Crippen MR) is 118 cm³/mol. The molecule has 1 aliphatic rings. The summed E-state index contributed by atoms with van der Waals surface area (Å²) in [6, 6.07) is 15.9. The first kappa shape index (κ1) is 21.8. The second kappa shape index (κ2) is 9.38. The second-order valence-corrected chi connectivity index (χ2v) is 9.93. The number of morpholine rings is 1. The van der Waals surface area contributed by atoms with Gasteiger partial charge in [-0.25, -0.2) is 8.42 Å². The molecule has 0 N–H and O–H groups in total. The quantitative estimate of drug-likeness (QED) is 0.504. The van der Waals surface area contributed by atoms with E-state index in [9.17, 15) is 8.42 Å². The van der Waals surface area contributed by atoms with Gasteiger partial charge in [-0.15, -0.1) is 10.2 Å². The van der Waals surface area contributed by atoms with Crippen molar-refractivity contribution in [1.29, 1.82) is 5.26 Å². The van der Waals surface area contributed by atoms with Crippen LogP contribution < -0.4 is 0 Å². The number of ether oxygens (including phenoxy) is 1. The summed E-state index contributed by atoms with van der Waals surface area (Å²) < 4.78 is 34.6. The van der Waals surface area contributed by atoms with Crippen LogP contribution in [0.4, 0.5) is 0 Å². The van der Waals surface area contributed by atoms with Crippen LogP contribution in [0.5, 0.6) is 0 Å². The van der Waals surface area contributed by atoms with Crippen LogP contribution in [0.15, 0.2) is 58.6 Å². The van der Waals surface area contributed by atoms with Gasteiger partial charge in [0, 0.05) is 23.7 Å². The van der Waals surface area contributed by atoms with Crippen LogP contribution in [0.1, 0.15) is 0 Å². The van der Waals surface area contributed by atoms with Crippen molar-refractivity contribution in [3.05, 3.63) is 53.6 Å². The van der Waals surface area contributed by atoms with Crippen LogP contribution in [0.25, 0.3) is 17.1 Å². The zero-order valence-corrected chi connectivity index (χ0v) is 18.7. The third kappa shape index (κ3) is 4.61. The maximum absolute atomic E-state index is 13.1. The molecular weight excluding hydrogens is 458 g/mol. The summed E-state index contributed by atoms with van der Waals surface area (Å²) in [5, 5.41) is 18.5. The van der Waals surface area contributed by atoms with E-state index in [0.717, 1.165) is 5.69 Å². The van der Waals surface area contributed by atoms with Gasteiger partial charge in [0.25, 0.3) is 0 Å². The van der Waals surface area contributed by atoms with Gasteiger partial charge in [-0.05, 0) is 30.3 Å². The number of halogens is 1. The number of rotatable bonds is 6. The van der Waals surface area contributed by atoms with Crippen molar-refractivity contribution in [2.75, 3.05) is 32.1 Å². The molecule has 160 valence electrons. The zero-order chi connectivity index (χ0) is 21.8. The Bertz CT molecular complexity index is 1230. The van der Waals surface area contributed by atoms with E-state index in [1.807, 2.05) is 6.07 Å². The summed E-state index contributed by atoms with van der Waals surface area (Å²) in [5.41, 5.74) is 1.31. The molecule has 1 fully saturated rings. The largest absolute Gasteiger partial charge is 0.379 e. The fourth-order valence-electron chi connectivity index (χ4n) is 3.23. The smallest absolute Gasteiger partial charge is 0.243 e. The van der Waals surface area contributed by atoms with Crippen LogP contribution in [-0.2, 0) is 14.8 Å². The van der Waals surface area contributed by atoms with Gasteiger partial charge in [0.2, 0.25) is 10.0 Å². The van der Waals surface area contributed by atoms with E-state index in [1.165, 1.54) is 16.1 Å².